The summed E-state index contributed by atoms with van der Waals surface area (Å²) in [6, 6.07) is 18.9. The first-order chi connectivity index (χ1) is 15.5. The van der Waals surface area contributed by atoms with Crippen molar-refractivity contribution in [3.8, 4) is 0 Å². The first-order valence-electron chi connectivity index (χ1n) is 12.0. The van der Waals surface area contributed by atoms with Crippen molar-refractivity contribution < 1.29 is 9.59 Å². The van der Waals surface area contributed by atoms with E-state index in [0.29, 0.717) is 18.9 Å². The average molecular weight is 434 g/mol. The van der Waals surface area contributed by atoms with Crippen LogP contribution in [0.2, 0.25) is 0 Å². The van der Waals surface area contributed by atoms with Crippen LogP contribution < -0.4 is 10.2 Å². The number of hydrogen-bond acceptors (Lipinski definition) is 3. The van der Waals surface area contributed by atoms with E-state index in [9.17, 15) is 9.59 Å². The van der Waals surface area contributed by atoms with Crippen LogP contribution in [-0.2, 0) is 16.1 Å². The predicted octanol–water partition coefficient (Wildman–Crippen LogP) is 4.33. The third-order valence-electron chi connectivity index (χ3n) is 7.05. The molecule has 2 aromatic carbocycles. The molecule has 170 valence electrons. The van der Waals surface area contributed by atoms with Crippen LogP contribution in [0.15, 0.2) is 54.6 Å². The molecular weight excluding hydrogens is 398 g/mol. The average Bonchev–Trinajstić information content (AvgIpc) is 3.22. The molecule has 0 aromatic heterocycles. The molecule has 0 bridgehead atoms. The third-order valence-corrected chi connectivity index (χ3v) is 7.05. The SMILES string of the molecule is CCC(C)c1ccccc1N1CC(C(=O)NC2CCN(Cc3ccccc3)CC2)CC1=O. The summed E-state index contributed by atoms with van der Waals surface area (Å²) in [6.07, 6.45) is 3.24. The van der Waals surface area contributed by atoms with Crippen molar-refractivity contribution in [3.05, 3.63) is 65.7 Å². The summed E-state index contributed by atoms with van der Waals surface area (Å²) in [5, 5.41) is 3.24. The maximum atomic E-state index is 13.0. The quantitative estimate of drug-likeness (QED) is 0.707. The van der Waals surface area contributed by atoms with Gasteiger partial charge in [0.1, 0.15) is 0 Å². The number of piperidine rings is 1. The summed E-state index contributed by atoms with van der Waals surface area (Å²) >= 11 is 0. The molecule has 5 heteroatoms. The monoisotopic (exact) mass is 433 g/mol. The lowest BCUT2D eigenvalue weighted by molar-refractivity contribution is -0.127. The zero-order chi connectivity index (χ0) is 22.5. The van der Waals surface area contributed by atoms with Gasteiger partial charge in [0, 0.05) is 44.3 Å². The number of amides is 2. The Hall–Kier alpha value is -2.66. The van der Waals surface area contributed by atoms with E-state index < -0.39 is 0 Å². The second-order valence-electron chi connectivity index (χ2n) is 9.32. The molecule has 0 spiro atoms. The van der Waals surface area contributed by atoms with Gasteiger partial charge in [0.2, 0.25) is 11.8 Å². The number of para-hydroxylation sites is 1. The molecule has 32 heavy (non-hydrogen) atoms. The summed E-state index contributed by atoms with van der Waals surface area (Å²) < 4.78 is 0. The number of carbonyl (C=O) groups excluding carboxylic acids is 2. The lowest BCUT2D eigenvalue weighted by Crippen LogP contribution is -2.46. The Morgan fingerprint density at radius 3 is 2.47 bits per heavy atom. The van der Waals surface area contributed by atoms with Gasteiger partial charge in [0.25, 0.3) is 0 Å². The van der Waals surface area contributed by atoms with Gasteiger partial charge >= 0.3 is 0 Å². The predicted molar refractivity (Wildman–Crippen MR) is 128 cm³/mol. The number of anilines is 1. The summed E-state index contributed by atoms with van der Waals surface area (Å²) in [4.78, 5) is 30.1. The number of hydrogen-bond donors (Lipinski definition) is 1. The fourth-order valence-corrected chi connectivity index (χ4v) is 4.88. The Morgan fingerprint density at radius 2 is 1.75 bits per heavy atom. The second kappa shape index (κ2) is 10.3. The van der Waals surface area contributed by atoms with Crippen molar-refractivity contribution in [1.29, 1.82) is 0 Å². The highest BCUT2D eigenvalue weighted by Gasteiger charge is 2.37. The van der Waals surface area contributed by atoms with Gasteiger partial charge in [-0.05, 0) is 42.4 Å². The normalized spacial score (nSPS) is 21.0. The van der Waals surface area contributed by atoms with Crippen molar-refractivity contribution in [1.82, 2.24) is 10.2 Å². The Bertz CT molecular complexity index is 922. The van der Waals surface area contributed by atoms with Crippen LogP contribution in [0.3, 0.4) is 0 Å². The number of benzene rings is 2. The maximum Gasteiger partial charge on any atom is 0.227 e. The fourth-order valence-electron chi connectivity index (χ4n) is 4.88. The molecule has 2 aliphatic rings. The topological polar surface area (TPSA) is 52.7 Å². The molecule has 2 unspecified atom stereocenters. The van der Waals surface area contributed by atoms with Gasteiger partial charge in [0.15, 0.2) is 0 Å². The maximum absolute atomic E-state index is 13.0. The molecular formula is C27H35N3O2. The zero-order valence-electron chi connectivity index (χ0n) is 19.3. The molecule has 2 aliphatic heterocycles. The number of nitrogens with zero attached hydrogens (tertiary/aromatic N) is 2. The summed E-state index contributed by atoms with van der Waals surface area (Å²) in [7, 11) is 0. The molecule has 2 amide bonds. The Kier molecular flexibility index (Phi) is 7.26. The fraction of sp³-hybridized carbons (Fsp3) is 0.481. The van der Waals surface area contributed by atoms with E-state index in [1.54, 1.807) is 0 Å². The Labute approximate surface area is 191 Å². The van der Waals surface area contributed by atoms with Crippen LogP contribution in [0, 0.1) is 5.92 Å². The minimum Gasteiger partial charge on any atom is -0.353 e. The number of nitrogens with one attached hydrogen (secondary N) is 1. The molecule has 2 aromatic rings. The van der Waals surface area contributed by atoms with E-state index in [2.05, 4.69) is 54.4 Å². The van der Waals surface area contributed by atoms with Gasteiger partial charge in [-0.25, -0.2) is 0 Å². The molecule has 0 saturated carbocycles. The molecule has 1 N–H and O–H groups in total. The van der Waals surface area contributed by atoms with Gasteiger partial charge in [-0.3, -0.25) is 14.5 Å². The minimum atomic E-state index is -0.269. The van der Waals surface area contributed by atoms with Gasteiger partial charge < -0.3 is 10.2 Å². The van der Waals surface area contributed by atoms with Crippen molar-refractivity contribution in [2.45, 2.75) is 58.0 Å². The second-order valence-corrected chi connectivity index (χ2v) is 9.32. The minimum absolute atomic E-state index is 0.0309. The van der Waals surface area contributed by atoms with E-state index in [4.69, 9.17) is 0 Å². The number of rotatable bonds is 7. The molecule has 0 radical (unpaired) electrons. The molecule has 2 heterocycles. The first-order valence-corrected chi connectivity index (χ1v) is 12.0. The van der Waals surface area contributed by atoms with Crippen LogP contribution in [-0.4, -0.2) is 42.4 Å². The Morgan fingerprint density at radius 1 is 1.06 bits per heavy atom. The molecule has 2 fully saturated rings. The van der Waals surface area contributed by atoms with E-state index in [0.717, 1.165) is 44.6 Å². The van der Waals surface area contributed by atoms with Crippen LogP contribution >= 0.6 is 0 Å². The van der Waals surface area contributed by atoms with Gasteiger partial charge in [0.05, 0.1) is 5.92 Å². The van der Waals surface area contributed by atoms with E-state index in [1.807, 2.05) is 29.2 Å². The van der Waals surface area contributed by atoms with Crippen molar-refractivity contribution >= 4 is 17.5 Å². The molecule has 2 saturated heterocycles. The van der Waals surface area contributed by atoms with Gasteiger partial charge in [-0.15, -0.1) is 0 Å². The zero-order valence-corrected chi connectivity index (χ0v) is 19.3. The third kappa shape index (κ3) is 5.21. The lowest BCUT2D eigenvalue weighted by atomic mass is 9.96. The summed E-state index contributed by atoms with van der Waals surface area (Å²) in [6.45, 7) is 7.76. The van der Waals surface area contributed by atoms with Crippen molar-refractivity contribution in [3.63, 3.8) is 0 Å². The molecule has 0 aliphatic carbocycles. The first kappa shape index (κ1) is 22.5. The van der Waals surface area contributed by atoms with Crippen molar-refractivity contribution in [2.75, 3.05) is 24.5 Å². The molecule has 5 nitrogen and oxygen atoms in total. The van der Waals surface area contributed by atoms with Crippen LogP contribution in [0.4, 0.5) is 5.69 Å². The van der Waals surface area contributed by atoms with E-state index >= 15 is 0 Å². The van der Waals surface area contributed by atoms with Crippen molar-refractivity contribution in [2.24, 2.45) is 5.92 Å². The largest absolute Gasteiger partial charge is 0.353 e. The molecule has 4 rings (SSSR count). The van der Waals surface area contributed by atoms with Crippen LogP contribution in [0.5, 0.6) is 0 Å². The number of carbonyl (C=O) groups is 2. The number of likely N-dealkylation sites (tertiary alicyclic amines) is 1. The van der Waals surface area contributed by atoms with Gasteiger partial charge in [-0.1, -0.05) is 62.4 Å². The highest BCUT2D eigenvalue weighted by molar-refractivity contribution is 6.01. The van der Waals surface area contributed by atoms with E-state index in [1.165, 1.54) is 11.1 Å². The summed E-state index contributed by atoms with van der Waals surface area (Å²) in [5.41, 5.74) is 3.49. The van der Waals surface area contributed by atoms with Gasteiger partial charge in [-0.2, -0.15) is 0 Å². The highest BCUT2D eigenvalue weighted by Crippen LogP contribution is 2.33. The van der Waals surface area contributed by atoms with Crippen LogP contribution in [0.1, 0.15) is 56.6 Å². The highest BCUT2D eigenvalue weighted by atomic mass is 16.2. The van der Waals surface area contributed by atoms with E-state index in [-0.39, 0.29) is 23.8 Å². The lowest BCUT2D eigenvalue weighted by Gasteiger charge is -2.32. The van der Waals surface area contributed by atoms with Crippen LogP contribution in [0.25, 0.3) is 0 Å². The summed E-state index contributed by atoms with van der Waals surface area (Å²) in [5.74, 6) is 0.199. The Balaban J connectivity index is 1.30. The standard InChI is InChI=1S/C27H35N3O2/c1-3-20(2)24-11-7-8-12-25(24)30-19-22(17-26(30)31)27(32)28-23-13-15-29(16-14-23)18-21-9-5-4-6-10-21/h4-12,20,22-23H,3,13-19H2,1-2H3,(H,28,32). The molecule has 2 atom stereocenters. The smallest absolute Gasteiger partial charge is 0.227 e.